The van der Waals surface area contributed by atoms with Crippen molar-refractivity contribution in [2.75, 3.05) is 19.3 Å². The van der Waals surface area contributed by atoms with E-state index in [0.717, 1.165) is 25.7 Å². The van der Waals surface area contributed by atoms with Gasteiger partial charge in [-0.05, 0) is 43.7 Å². The summed E-state index contributed by atoms with van der Waals surface area (Å²) in [7, 11) is 0. The van der Waals surface area contributed by atoms with Crippen LogP contribution >= 0.6 is 11.8 Å². The maximum Gasteiger partial charge on any atom is 0.220 e. The highest BCUT2D eigenvalue weighted by molar-refractivity contribution is 7.98. The molecule has 0 aliphatic rings. The summed E-state index contributed by atoms with van der Waals surface area (Å²) in [6.45, 7) is 1.43. The van der Waals surface area contributed by atoms with Crippen LogP contribution in [0.3, 0.4) is 0 Å². The minimum Gasteiger partial charge on any atom is -0.356 e. The third kappa shape index (κ3) is 6.64. The lowest BCUT2D eigenvalue weighted by molar-refractivity contribution is -0.121. The minimum atomic E-state index is 0.152. The topological polar surface area (TPSA) is 55.1 Å². The molecule has 3 nitrogen and oxygen atoms in total. The number of nitrogens with two attached hydrogens (primary N) is 1. The van der Waals surface area contributed by atoms with Gasteiger partial charge in [0.2, 0.25) is 5.91 Å². The number of benzene rings is 1. The Bertz CT molecular complexity index is 382. The van der Waals surface area contributed by atoms with Crippen molar-refractivity contribution in [2.24, 2.45) is 5.73 Å². The van der Waals surface area contributed by atoms with Crippen LogP contribution in [0.4, 0.5) is 0 Å². The molecule has 1 aromatic carbocycles. The number of hydrogen-bond donors (Lipinski definition) is 2. The summed E-state index contributed by atoms with van der Waals surface area (Å²) in [5.74, 6) is 0.152. The average Bonchev–Trinajstić information content (AvgIpc) is 2.44. The first kappa shape index (κ1) is 16.1. The number of thioether (sulfide) groups is 1. The van der Waals surface area contributed by atoms with E-state index >= 15 is 0 Å². The number of rotatable bonds is 9. The lowest BCUT2D eigenvalue weighted by atomic mass is 10.1. The zero-order valence-corrected chi connectivity index (χ0v) is 12.5. The van der Waals surface area contributed by atoms with Crippen molar-refractivity contribution >= 4 is 17.7 Å². The first-order valence-electron chi connectivity index (χ1n) is 6.86. The van der Waals surface area contributed by atoms with Crippen LogP contribution in [0.25, 0.3) is 0 Å². The molecule has 0 saturated carbocycles. The van der Waals surface area contributed by atoms with E-state index in [-0.39, 0.29) is 5.91 Å². The van der Waals surface area contributed by atoms with E-state index in [1.165, 1.54) is 10.5 Å². The molecule has 1 aromatic rings. The number of carbonyl (C=O) groups is 1. The van der Waals surface area contributed by atoms with Gasteiger partial charge in [0.05, 0.1) is 0 Å². The van der Waals surface area contributed by atoms with E-state index in [1.54, 1.807) is 11.8 Å². The lowest BCUT2D eigenvalue weighted by Gasteiger charge is -2.08. The Hall–Kier alpha value is -1.00. The summed E-state index contributed by atoms with van der Waals surface area (Å²) in [6.07, 6.45) is 6.57. The van der Waals surface area contributed by atoms with Gasteiger partial charge in [0, 0.05) is 17.9 Å². The number of hydrogen-bond acceptors (Lipinski definition) is 3. The largest absolute Gasteiger partial charge is 0.356 e. The molecule has 0 radical (unpaired) electrons. The highest BCUT2D eigenvalue weighted by Gasteiger charge is 2.03. The summed E-state index contributed by atoms with van der Waals surface area (Å²) in [5, 5.41) is 2.98. The SMILES string of the molecule is CSc1ccccc1CCNC(=O)CCCCCN. The second kappa shape index (κ2) is 9.87. The smallest absolute Gasteiger partial charge is 0.220 e. The number of carbonyl (C=O) groups excluding carboxylic acids is 1. The first-order valence-corrected chi connectivity index (χ1v) is 8.09. The van der Waals surface area contributed by atoms with Crippen molar-refractivity contribution in [3.05, 3.63) is 29.8 Å². The molecule has 0 fully saturated rings. The Kier molecular flexibility index (Phi) is 8.34. The molecular weight excluding hydrogens is 256 g/mol. The summed E-state index contributed by atoms with van der Waals surface area (Å²) < 4.78 is 0. The quantitative estimate of drug-likeness (QED) is 0.540. The van der Waals surface area contributed by atoms with Crippen molar-refractivity contribution in [3.63, 3.8) is 0 Å². The summed E-state index contributed by atoms with van der Waals surface area (Å²) in [5.41, 5.74) is 6.72. The Morgan fingerprint density at radius 1 is 1.26 bits per heavy atom. The molecule has 0 spiro atoms. The monoisotopic (exact) mass is 280 g/mol. The van der Waals surface area contributed by atoms with Crippen molar-refractivity contribution in [1.82, 2.24) is 5.32 Å². The van der Waals surface area contributed by atoms with Crippen LogP contribution in [0.5, 0.6) is 0 Å². The predicted octanol–water partition coefficient (Wildman–Crippen LogP) is 2.59. The van der Waals surface area contributed by atoms with Gasteiger partial charge >= 0.3 is 0 Å². The van der Waals surface area contributed by atoms with E-state index in [0.29, 0.717) is 19.5 Å². The van der Waals surface area contributed by atoms with Crippen LogP contribution in [0.15, 0.2) is 29.2 Å². The van der Waals surface area contributed by atoms with Crippen LogP contribution in [-0.4, -0.2) is 25.3 Å². The first-order chi connectivity index (χ1) is 9.27. The fourth-order valence-electron chi connectivity index (χ4n) is 1.94. The molecule has 3 N–H and O–H groups in total. The third-order valence-electron chi connectivity index (χ3n) is 3.02. The van der Waals surface area contributed by atoms with Gasteiger partial charge in [-0.3, -0.25) is 4.79 Å². The molecule has 19 heavy (non-hydrogen) atoms. The molecule has 1 rings (SSSR count). The second-order valence-corrected chi connectivity index (χ2v) is 5.36. The van der Waals surface area contributed by atoms with Crippen molar-refractivity contribution in [2.45, 2.75) is 37.0 Å². The summed E-state index contributed by atoms with van der Waals surface area (Å²) in [6, 6.07) is 8.34. The fraction of sp³-hybridized carbons (Fsp3) is 0.533. The normalized spacial score (nSPS) is 10.4. The van der Waals surface area contributed by atoms with Crippen molar-refractivity contribution in [1.29, 1.82) is 0 Å². The van der Waals surface area contributed by atoms with Gasteiger partial charge in [-0.25, -0.2) is 0 Å². The highest BCUT2D eigenvalue weighted by atomic mass is 32.2. The molecule has 106 valence electrons. The lowest BCUT2D eigenvalue weighted by Crippen LogP contribution is -2.25. The zero-order valence-electron chi connectivity index (χ0n) is 11.7. The molecule has 0 aliphatic carbocycles. The number of unbranched alkanes of at least 4 members (excludes halogenated alkanes) is 2. The van der Waals surface area contributed by atoms with Gasteiger partial charge in [0.1, 0.15) is 0 Å². The van der Waals surface area contributed by atoms with Crippen LogP contribution in [0, 0.1) is 0 Å². The molecular formula is C15H24N2OS. The second-order valence-electron chi connectivity index (χ2n) is 4.51. The summed E-state index contributed by atoms with van der Waals surface area (Å²) >= 11 is 1.75. The van der Waals surface area contributed by atoms with E-state index < -0.39 is 0 Å². The van der Waals surface area contributed by atoms with Crippen LogP contribution in [0.1, 0.15) is 31.2 Å². The molecule has 0 bridgehead atoms. The number of nitrogens with one attached hydrogen (secondary N) is 1. The Balaban J connectivity index is 2.20. The molecule has 4 heteroatoms. The zero-order chi connectivity index (χ0) is 13.9. The van der Waals surface area contributed by atoms with Gasteiger partial charge < -0.3 is 11.1 Å². The van der Waals surface area contributed by atoms with Gasteiger partial charge in [-0.2, -0.15) is 0 Å². The van der Waals surface area contributed by atoms with E-state index in [4.69, 9.17) is 5.73 Å². The average molecular weight is 280 g/mol. The Morgan fingerprint density at radius 2 is 2.05 bits per heavy atom. The maximum atomic E-state index is 11.6. The molecule has 0 saturated heterocycles. The maximum absolute atomic E-state index is 11.6. The Morgan fingerprint density at radius 3 is 2.79 bits per heavy atom. The molecule has 1 amide bonds. The molecule has 0 unspecified atom stereocenters. The highest BCUT2D eigenvalue weighted by Crippen LogP contribution is 2.19. The fourth-order valence-corrected chi connectivity index (χ4v) is 2.59. The van der Waals surface area contributed by atoms with Crippen molar-refractivity contribution in [3.8, 4) is 0 Å². The van der Waals surface area contributed by atoms with Gasteiger partial charge in [-0.15, -0.1) is 11.8 Å². The predicted molar refractivity (Wildman–Crippen MR) is 82.5 cm³/mol. The van der Waals surface area contributed by atoms with E-state index in [2.05, 4.69) is 23.7 Å². The van der Waals surface area contributed by atoms with Crippen LogP contribution in [0.2, 0.25) is 0 Å². The molecule has 0 heterocycles. The van der Waals surface area contributed by atoms with Crippen molar-refractivity contribution < 1.29 is 4.79 Å². The summed E-state index contributed by atoms with van der Waals surface area (Å²) in [4.78, 5) is 12.9. The molecule has 0 aliphatic heterocycles. The van der Waals surface area contributed by atoms with Gasteiger partial charge in [0.25, 0.3) is 0 Å². The standard InChI is InChI=1S/C15H24N2OS/c1-19-14-8-5-4-7-13(14)10-12-17-15(18)9-3-2-6-11-16/h4-5,7-8H,2-3,6,9-12,16H2,1H3,(H,17,18). The van der Waals surface area contributed by atoms with E-state index in [1.807, 2.05) is 12.1 Å². The van der Waals surface area contributed by atoms with E-state index in [9.17, 15) is 4.79 Å². The van der Waals surface area contributed by atoms with Gasteiger partial charge in [-0.1, -0.05) is 24.6 Å². The van der Waals surface area contributed by atoms with Gasteiger partial charge in [0.15, 0.2) is 0 Å². The van der Waals surface area contributed by atoms with Crippen LogP contribution in [-0.2, 0) is 11.2 Å². The molecule has 0 aromatic heterocycles. The van der Waals surface area contributed by atoms with Crippen LogP contribution < -0.4 is 11.1 Å². The Labute approximate surface area is 120 Å². The minimum absolute atomic E-state index is 0.152. The molecule has 0 atom stereocenters. The number of amides is 1. The third-order valence-corrected chi connectivity index (χ3v) is 3.86.